The molecule has 1 saturated heterocycles. The van der Waals surface area contributed by atoms with E-state index in [1.165, 1.54) is 4.90 Å². The van der Waals surface area contributed by atoms with Gasteiger partial charge in [0, 0.05) is 19.1 Å². The number of nitrogens with one attached hydrogen (secondary N) is 2. The summed E-state index contributed by atoms with van der Waals surface area (Å²) >= 11 is 0. The van der Waals surface area contributed by atoms with E-state index in [0.717, 1.165) is 6.26 Å². The van der Waals surface area contributed by atoms with Gasteiger partial charge in [-0.15, -0.1) is 12.4 Å². The predicted molar refractivity (Wildman–Crippen MR) is 86.0 cm³/mol. The number of hydrogen-bond acceptors (Lipinski definition) is 5. The molecule has 4 N–H and O–H groups in total. The highest BCUT2D eigenvalue weighted by Crippen LogP contribution is 2.09. The van der Waals surface area contributed by atoms with Gasteiger partial charge in [0.25, 0.3) is 0 Å². The minimum absolute atomic E-state index is 0. The fraction of sp³-hybridized carbons (Fsp3) is 0.833. The SMILES string of the molecule is CC(C)[C@H](N)C(=O)NCC(=O)N1CCC(NS(C)(=O)=O)C1.Cl. The van der Waals surface area contributed by atoms with Crippen LogP contribution >= 0.6 is 12.4 Å². The van der Waals surface area contributed by atoms with Gasteiger partial charge in [-0.1, -0.05) is 13.8 Å². The Bertz CT molecular complexity index is 497. The molecule has 10 heteroatoms. The van der Waals surface area contributed by atoms with Crippen molar-refractivity contribution in [3.05, 3.63) is 0 Å². The van der Waals surface area contributed by atoms with Crippen molar-refractivity contribution in [3.63, 3.8) is 0 Å². The van der Waals surface area contributed by atoms with Crippen LogP contribution < -0.4 is 15.8 Å². The summed E-state index contributed by atoms with van der Waals surface area (Å²) in [6.07, 6.45) is 1.66. The second-order valence-corrected chi connectivity index (χ2v) is 7.48. The zero-order valence-electron chi connectivity index (χ0n) is 13.0. The quantitative estimate of drug-likeness (QED) is 0.543. The maximum Gasteiger partial charge on any atom is 0.242 e. The molecule has 0 aliphatic carbocycles. The van der Waals surface area contributed by atoms with E-state index in [9.17, 15) is 18.0 Å². The highest BCUT2D eigenvalue weighted by molar-refractivity contribution is 7.88. The molecule has 0 saturated carbocycles. The minimum atomic E-state index is -3.28. The van der Waals surface area contributed by atoms with Crippen LogP contribution in [0.15, 0.2) is 0 Å². The van der Waals surface area contributed by atoms with E-state index in [2.05, 4.69) is 10.0 Å². The van der Waals surface area contributed by atoms with Gasteiger partial charge in [-0.25, -0.2) is 13.1 Å². The summed E-state index contributed by atoms with van der Waals surface area (Å²) in [5.74, 6) is -0.601. The Balaban J connectivity index is 0.00000441. The van der Waals surface area contributed by atoms with Crippen LogP contribution in [0.5, 0.6) is 0 Å². The first kappa shape index (κ1) is 21.1. The number of nitrogens with zero attached hydrogens (tertiary/aromatic N) is 1. The van der Waals surface area contributed by atoms with Crippen LogP contribution in [0.25, 0.3) is 0 Å². The lowest BCUT2D eigenvalue weighted by atomic mass is 10.1. The van der Waals surface area contributed by atoms with Gasteiger partial charge in [0.05, 0.1) is 18.8 Å². The Labute approximate surface area is 137 Å². The highest BCUT2D eigenvalue weighted by Gasteiger charge is 2.28. The topological polar surface area (TPSA) is 122 Å². The highest BCUT2D eigenvalue weighted by atomic mass is 35.5. The van der Waals surface area contributed by atoms with Gasteiger partial charge in [-0.2, -0.15) is 0 Å². The fourth-order valence-corrected chi connectivity index (χ4v) is 2.88. The first-order chi connectivity index (χ1) is 9.60. The molecule has 0 aromatic carbocycles. The van der Waals surface area contributed by atoms with Crippen LogP contribution in [0, 0.1) is 5.92 Å². The maximum atomic E-state index is 11.9. The number of amides is 2. The van der Waals surface area contributed by atoms with Crippen molar-refractivity contribution in [3.8, 4) is 0 Å². The molecule has 22 heavy (non-hydrogen) atoms. The summed E-state index contributed by atoms with van der Waals surface area (Å²) < 4.78 is 24.7. The van der Waals surface area contributed by atoms with Crippen molar-refractivity contribution in [2.45, 2.75) is 32.4 Å². The molecule has 2 atom stereocenters. The number of sulfonamides is 1. The Morgan fingerprint density at radius 1 is 1.36 bits per heavy atom. The summed E-state index contributed by atoms with van der Waals surface area (Å²) in [5.41, 5.74) is 5.68. The lowest BCUT2D eigenvalue weighted by Gasteiger charge is -2.19. The number of likely N-dealkylation sites (tertiary alicyclic amines) is 1. The van der Waals surface area contributed by atoms with Crippen LogP contribution in [0.2, 0.25) is 0 Å². The summed E-state index contributed by atoms with van der Waals surface area (Å²) in [5, 5.41) is 2.51. The first-order valence-electron chi connectivity index (χ1n) is 6.88. The molecule has 0 spiro atoms. The van der Waals surface area contributed by atoms with Crippen LogP contribution in [-0.2, 0) is 19.6 Å². The molecule has 1 fully saturated rings. The van der Waals surface area contributed by atoms with Gasteiger partial charge in [0.1, 0.15) is 0 Å². The molecule has 0 radical (unpaired) electrons. The van der Waals surface area contributed by atoms with E-state index >= 15 is 0 Å². The summed E-state index contributed by atoms with van der Waals surface area (Å²) in [6, 6.07) is -0.909. The van der Waals surface area contributed by atoms with Crippen molar-refractivity contribution in [2.75, 3.05) is 25.9 Å². The smallest absolute Gasteiger partial charge is 0.242 e. The first-order valence-corrected chi connectivity index (χ1v) is 8.77. The van der Waals surface area contributed by atoms with Crippen molar-refractivity contribution < 1.29 is 18.0 Å². The summed E-state index contributed by atoms with van der Waals surface area (Å²) in [4.78, 5) is 25.1. The Hall–Kier alpha value is -0.900. The number of carbonyl (C=O) groups excluding carboxylic acids is 2. The van der Waals surface area contributed by atoms with Gasteiger partial charge < -0.3 is 16.0 Å². The maximum absolute atomic E-state index is 11.9. The van der Waals surface area contributed by atoms with Crippen molar-refractivity contribution in [1.82, 2.24) is 14.9 Å². The van der Waals surface area contributed by atoms with Crippen LogP contribution in [-0.4, -0.2) is 63.1 Å². The van der Waals surface area contributed by atoms with Gasteiger partial charge >= 0.3 is 0 Å². The van der Waals surface area contributed by atoms with Gasteiger partial charge in [0.2, 0.25) is 21.8 Å². The van der Waals surface area contributed by atoms with E-state index in [4.69, 9.17) is 5.73 Å². The summed E-state index contributed by atoms with van der Waals surface area (Å²) in [6.45, 7) is 4.32. The van der Waals surface area contributed by atoms with E-state index in [1.54, 1.807) is 0 Å². The predicted octanol–water partition coefficient (Wildman–Crippen LogP) is -1.34. The molecule has 1 aliphatic heterocycles. The van der Waals surface area contributed by atoms with Crippen LogP contribution in [0.4, 0.5) is 0 Å². The van der Waals surface area contributed by atoms with Crippen molar-refractivity contribution >= 4 is 34.2 Å². The lowest BCUT2D eigenvalue weighted by Crippen LogP contribution is -2.48. The minimum Gasteiger partial charge on any atom is -0.346 e. The van der Waals surface area contributed by atoms with Crippen LogP contribution in [0.1, 0.15) is 20.3 Å². The third-order valence-electron chi connectivity index (χ3n) is 3.36. The molecule has 0 bridgehead atoms. The van der Waals surface area contributed by atoms with Gasteiger partial charge in [0.15, 0.2) is 0 Å². The van der Waals surface area contributed by atoms with E-state index in [1.807, 2.05) is 13.8 Å². The zero-order chi connectivity index (χ0) is 16.2. The summed E-state index contributed by atoms with van der Waals surface area (Å²) in [7, 11) is -3.28. The second kappa shape index (κ2) is 8.66. The van der Waals surface area contributed by atoms with Gasteiger partial charge in [-0.05, 0) is 12.3 Å². The number of rotatable bonds is 6. The second-order valence-electron chi connectivity index (χ2n) is 5.70. The Morgan fingerprint density at radius 3 is 2.45 bits per heavy atom. The average molecular weight is 357 g/mol. The average Bonchev–Trinajstić information content (AvgIpc) is 2.80. The van der Waals surface area contributed by atoms with E-state index < -0.39 is 16.1 Å². The fourth-order valence-electron chi connectivity index (χ4n) is 2.08. The molecule has 1 rings (SSSR count). The number of hydrogen-bond donors (Lipinski definition) is 3. The monoisotopic (exact) mass is 356 g/mol. The molecular formula is C12H25ClN4O4S. The Morgan fingerprint density at radius 2 is 1.95 bits per heavy atom. The molecule has 1 heterocycles. The molecule has 2 amide bonds. The molecule has 130 valence electrons. The molecule has 8 nitrogen and oxygen atoms in total. The largest absolute Gasteiger partial charge is 0.346 e. The molecule has 0 aromatic heterocycles. The number of nitrogens with two attached hydrogens (primary N) is 1. The molecular weight excluding hydrogens is 332 g/mol. The standard InChI is InChI=1S/C12H24N4O4S.ClH/c1-8(2)11(13)12(18)14-6-10(17)16-5-4-9(7-16)15-21(3,19)20;/h8-9,11,15H,4-7,13H2,1-3H3,(H,14,18);1H/t9?,11-;/m0./s1. The molecule has 1 aliphatic rings. The normalized spacial score (nSPS) is 19.7. The van der Waals surface area contributed by atoms with Crippen molar-refractivity contribution in [1.29, 1.82) is 0 Å². The lowest BCUT2D eigenvalue weighted by molar-refractivity contribution is -0.132. The van der Waals surface area contributed by atoms with Crippen molar-refractivity contribution in [2.24, 2.45) is 11.7 Å². The Kier molecular flexibility index (Phi) is 8.30. The third kappa shape index (κ3) is 6.91. The number of carbonyl (C=O) groups is 2. The molecule has 0 aromatic rings. The number of halogens is 1. The third-order valence-corrected chi connectivity index (χ3v) is 4.12. The zero-order valence-corrected chi connectivity index (χ0v) is 14.7. The van der Waals surface area contributed by atoms with E-state index in [0.29, 0.717) is 19.5 Å². The van der Waals surface area contributed by atoms with Crippen LogP contribution in [0.3, 0.4) is 0 Å². The molecule has 1 unspecified atom stereocenters. The van der Waals surface area contributed by atoms with E-state index in [-0.39, 0.29) is 42.7 Å². The van der Waals surface area contributed by atoms with Gasteiger partial charge in [-0.3, -0.25) is 9.59 Å².